The minimum absolute atomic E-state index is 0.347. The summed E-state index contributed by atoms with van der Waals surface area (Å²) in [5, 5.41) is 2.62. The van der Waals surface area contributed by atoms with Gasteiger partial charge in [-0.1, -0.05) is 0 Å². The number of hydrogen-bond acceptors (Lipinski definition) is 3. The van der Waals surface area contributed by atoms with Gasteiger partial charge in [0.15, 0.2) is 0 Å². The van der Waals surface area contributed by atoms with Gasteiger partial charge in [0, 0.05) is 22.6 Å². The molecule has 0 unspecified atom stereocenters. The van der Waals surface area contributed by atoms with Crippen LogP contribution >= 0.6 is 0 Å². The summed E-state index contributed by atoms with van der Waals surface area (Å²) in [5.74, 6) is -0.707. The Balaban J connectivity index is 2.19. The van der Waals surface area contributed by atoms with Gasteiger partial charge in [-0.15, -0.1) is 0 Å². The molecule has 2 rings (SSSR count). The zero-order valence-corrected chi connectivity index (χ0v) is 9.48. The van der Waals surface area contributed by atoms with E-state index in [2.05, 4.69) is 5.32 Å². The number of nitrogen functional groups attached to an aromatic ring is 2. The van der Waals surface area contributed by atoms with Crippen molar-refractivity contribution < 1.29 is 9.18 Å². The lowest BCUT2D eigenvalue weighted by Gasteiger charge is -2.06. The number of carbonyl (C=O) groups is 1. The minimum atomic E-state index is -0.360. The summed E-state index contributed by atoms with van der Waals surface area (Å²) < 4.78 is 12.7. The molecular weight excluding hydrogens is 233 g/mol. The minimum Gasteiger partial charge on any atom is -0.399 e. The topological polar surface area (TPSA) is 81.1 Å². The van der Waals surface area contributed by atoms with E-state index in [9.17, 15) is 9.18 Å². The molecule has 4 nitrogen and oxygen atoms in total. The quantitative estimate of drug-likeness (QED) is 0.710. The van der Waals surface area contributed by atoms with Gasteiger partial charge in [-0.25, -0.2) is 4.39 Å². The number of rotatable bonds is 2. The largest absolute Gasteiger partial charge is 0.399 e. The Morgan fingerprint density at radius 1 is 1.00 bits per heavy atom. The van der Waals surface area contributed by atoms with Crippen LogP contribution in [0.2, 0.25) is 0 Å². The van der Waals surface area contributed by atoms with Crippen molar-refractivity contribution in [3.63, 3.8) is 0 Å². The van der Waals surface area contributed by atoms with Crippen LogP contribution in [0.3, 0.4) is 0 Å². The van der Waals surface area contributed by atoms with Gasteiger partial charge in [-0.05, 0) is 42.5 Å². The molecule has 0 saturated heterocycles. The number of benzene rings is 2. The highest BCUT2D eigenvalue weighted by Gasteiger charge is 2.07. The third kappa shape index (κ3) is 2.76. The monoisotopic (exact) mass is 245 g/mol. The number of anilines is 3. The highest BCUT2D eigenvalue weighted by atomic mass is 19.1. The zero-order valence-electron chi connectivity index (χ0n) is 9.48. The van der Waals surface area contributed by atoms with Gasteiger partial charge in [-0.2, -0.15) is 0 Å². The lowest BCUT2D eigenvalue weighted by atomic mass is 10.1. The van der Waals surface area contributed by atoms with E-state index in [4.69, 9.17) is 11.5 Å². The van der Waals surface area contributed by atoms with E-state index in [-0.39, 0.29) is 11.7 Å². The van der Waals surface area contributed by atoms with Gasteiger partial charge in [0.05, 0.1) is 0 Å². The average molecular weight is 245 g/mol. The molecule has 0 saturated carbocycles. The third-order valence-electron chi connectivity index (χ3n) is 2.34. The maximum absolute atomic E-state index is 12.7. The second kappa shape index (κ2) is 4.75. The van der Waals surface area contributed by atoms with E-state index in [1.807, 2.05) is 0 Å². The lowest BCUT2D eigenvalue weighted by Crippen LogP contribution is -2.12. The normalized spacial score (nSPS) is 10.1. The summed E-state index contributed by atoms with van der Waals surface area (Å²) in [6.07, 6.45) is 0. The van der Waals surface area contributed by atoms with Crippen molar-refractivity contribution in [2.24, 2.45) is 0 Å². The van der Waals surface area contributed by atoms with E-state index in [0.29, 0.717) is 22.6 Å². The van der Waals surface area contributed by atoms with Crippen LogP contribution in [-0.4, -0.2) is 5.91 Å². The average Bonchev–Trinajstić information content (AvgIpc) is 2.31. The predicted molar refractivity (Wildman–Crippen MR) is 69.6 cm³/mol. The summed E-state index contributed by atoms with van der Waals surface area (Å²) in [6, 6.07) is 10.1. The summed E-state index contributed by atoms with van der Waals surface area (Å²) in [5.41, 5.74) is 12.9. The SMILES string of the molecule is Nc1cc(N)cc(C(=O)Nc2ccc(F)cc2)c1. The maximum atomic E-state index is 12.7. The van der Waals surface area contributed by atoms with Gasteiger partial charge in [0.25, 0.3) is 5.91 Å². The number of halogens is 1. The van der Waals surface area contributed by atoms with Crippen LogP contribution in [0.4, 0.5) is 21.5 Å². The zero-order chi connectivity index (χ0) is 13.1. The number of nitrogens with one attached hydrogen (secondary N) is 1. The molecule has 0 aliphatic rings. The highest BCUT2D eigenvalue weighted by Crippen LogP contribution is 2.16. The number of carbonyl (C=O) groups excluding carboxylic acids is 1. The first kappa shape index (κ1) is 11.9. The number of hydrogen-bond donors (Lipinski definition) is 3. The summed E-state index contributed by atoms with van der Waals surface area (Å²) in [6.45, 7) is 0. The number of nitrogens with two attached hydrogens (primary N) is 2. The van der Waals surface area contributed by atoms with Crippen molar-refractivity contribution in [2.75, 3.05) is 16.8 Å². The van der Waals surface area contributed by atoms with Crippen molar-refractivity contribution in [1.29, 1.82) is 0 Å². The second-order valence-electron chi connectivity index (χ2n) is 3.85. The van der Waals surface area contributed by atoms with Crippen LogP contribution in [0, 0.1) is 5.82 Å². The van der Waals surface area contributed by atoms with Crippen LogP contribution < -0.4 is 16.8 Å². The molecule has 92 valence electrons. The van der Waals surface area contributed by atoms with E-state index in [1.54, 1.807) is 6.07 Å². The Morgan fingerprint density at radius 3 is 2.11 bits per heavy atom. The Hall–Kier alpha value is -2.56. The molecule has 2 aromatic rings. The van der Waals surface area contributed by atoms with Crippen molar-refractivity contribution in [2.45, 2.75) is 0 Å². The molecule has 5 heteroatoms. The molecule has 0 aliphatic carbocycles. The molecule has 18 heavy (non-hydrogen) atoms. The van der Waals surface area contributed by atoms with Gasteiger partial charge in [0.2, 0.25) is 0 Å². The molecule has 0 atom stereocenters. The van der Waals surface area contributed by atoms with Crippen LogP contribution in [0.1, 0.15) is 10.4 Å². The fraction of sp³-hybridized carbons (Fsp3) is 0. The third-order valence-corrected chi connectivity index (χ3v) is 2.34. The van der Waals surface area contributed by atoms with Gasteiger partial charge in [0.1, 0.15) is 5.82 Å². The first-order valence-electron chi connectivity index (χ1n) is 5.27. The lowest BCUT2D eigenvalue weighted by molar-refractivity contribution is 0.102. The van der Waals surface area contributed by atoms with Crippen LogP contribution in [0.5, 0.6) is 0 Å². The summed E-state index contributed by atoms with van der Waals surface area (Å²) >= 11 is 0. The van der Waals surface area contributed by atoms with Crippen LogP contribution in [0.15, 0.2) is 42.5 Å². The Bertz CT molecular complexity index is 561. The fourth-order valence-corrected chi connectivity index (χ4v) is 1.54. The molecule has 0 fully saturated rings. The predicted octanol–water partition coefficient (Wildman–Crippen LogP) is 2.24. The van der Waals surface area contributed by atoms with Gasteiger partial charge in [-0.3, -0.25) is 4.79 Å². The molecular formula is C13H12FN3O. The molecule has 0 aromatic heterocycles. The maximum Gasteiger partial charge on any atom is 0.255 e. The van der Waals surface area contributed by atoms with Crippen molar-refractivity contribution in [3.05, 3.63) is 53.8 Å². The molecule has 2 aromatic carbocycles. The molecule has 0 radical (unpaired) electrons. The van der Waals surface area contributed by atoms with Crippen molar-refractivity contribution in [3.8, 4) is 0 Å². The molecule has 0 heterocycles. The first-order valence-corrected chi connectivity index (χ1v) is 5.27. The number of amides is 1. The van der Waals surface area contributed by atoms with Gasteiger partial charge >= 0.3 is 0 Å². The van der Waals surface area contributed by atoms with E-state index >= 15 is 0 Å². The standard InChI is InChI=1S/C13H12FN3O/c14-9-1-3-12(4-2-9)17-13(18)8-5-10(15)7-11(16)6-8/h1-7H,15-16H2,(H,17,18). The molecule has 1 amide bonds. The van der Waals surface area contributed by atoms with Crippen LogP contribution in [0.25, 0.3) is 0 Å². The molecule has 5 N–H and O–H groups in total. The van der Waals surface area contributed by atoms with Crippen molar-refractivity contribution >= 4 is 23.0 Å². The Labute approximate surface area is 103 Å². The van der Waals surface area contributed by atoms with Crippen molar-refractivity contribution in [1.82, 2.24) is 0 Å². The van der Waals surface area contributed by atoms with Gasteiger partial charge < -0.3 is 16.8 Å². The fourth-order valence-electron chi connectivity index (χ4n) is 1.54. The van der Waals surface area contributed by atoms with Crippen LogP contribution in [-0.2, 0) is 0 Å². The summed E-state index contributed by atoms with van der Waals surface area (Å²) in [7, 11) is 0. The summed E-state index contributed by atoms with van der Waals surface area (Å²) in [4.78, 5) is 11.9. The second-order valence-corrected chi connectivity index (χ2v) is 3.85. The Kier molecular flexibility index (Phi) is 3.14. The first-order chi connectivity index (χ1) is 8.54. The van der Waals surface area contributed by atoms with E-state index in [1.165, 1.54) is 36.4 Å². The smallest absolute Gasteiger partial charge is 0.255 e. The molecule has 0 spiro atoms. The molecule has 0 aliphatic heterocycles. The van der Waals surface area contributed by atoms with E-state index in [0.717, 1.165) is 0 Å². The van der Waals surface area contributed by atoms with E-state index < -0.39 is 0 Å². The Morgan fingerprint density at radius 2 is 1.56 bits per heavy atom. The molecule has 0 bridgehead atoms. The highest BCUT2D eigenvalue weighted by molar-refractivity contribution is 6.05.